The van der Waals surface area contributed by atoms with Gasteiger partial charge in [0.15, 0.2) is 0 Å². The quantitative estimate of drug-likeness (QED) is 0.771. The van der Waals surface area contributed by atoms with Crippen LogP contribution < -0.4 is 4.90 Å². The van der Waals surface area contributed by atoms with Crippen molar-refractivity contribution in [1.29, 1.82) is 0 Å². The SMILES string of the molecule is CN(C)c1cccc([C@H]2CN(C(=O)c3ccc4n[nH]nc4c3)CCO2)n1. The van der Waals surface area contributed by atoms with Crippen LogP contribution in [0.2, 0.25) is 0 Å². The minimum Gasteiger partial charge on any atom is -0.368 e. The molecular weight excluding hydrogens is 332 g/mol. The zero-order valence-electron chi connectivity index (χ0n) is 14.7. The smallest absolute Gasteiger partial charge is 0.254 e. The molecule has 1 saturated heterocycles. The van der Waals surface area contributed by atoms with Crippen molar-refractivity contribution >= 4 is 22.8 Å². The fraction of sp³-hybridized carbons (Fsp3) is 0.333. The van der Waals surface area contributed by atoms with Crippen LogP contribution >= 0.6 is 0 Å². The number of benzene rings is 1. The van der Waals surface area contributed by atoms with Crippen LogP contribution in [-0.4, -0.2) is 65.0 Å². The average Bonchev–Trinajstić information content (AvgIpc) is 3.15. The molecule has 0 saturated carbocycles. The Morgan fingerprint density at radius 1 is 1.23 bits per heavy atom. The lowest BCUT2D eigenvalue weighted by atomic mass is 10.1. The Labute approximate surface area is 150 Å². The molecule has 134 valence electrons. The van der Waals surface area contributed by atoms with E-state index in [0.29, 0.717) is 30.8 Å². The summed E-state index contributed by atoms with van der Waals surface area (Å²) in [6.45, 7) is 1.51. The summed E-state index contributed by atoms with van der Waals surface area (Å²) >= 11 is 0. The number of pyridine rings is 1. The van der Waals surface area contributed by atoms with E-state index >= 15 is 0 Å². The van der Waals surface area contributed by atoms with Crippen molar-refractivity contribution < 1.29 is 9.53 Å². The van der Waals surface area contributed by atoms with Gasteiger partial charge in [0.05, 0.1) is 18.8 Å². The van der Waals surface area contributed by atoms with Gasteiger partial charge in [0, 0.05) is 26.2 Å². The zero-order chi connectivity index (χ0) is 18.1. The normalized spacial score (nSPS) is 17.5. The van der Waals surface area contributed by atoms with Gasteiger partial charge in [-0.3, -0.25) is 4.79 Å². The third-order valence-electron chi connectivity index (χ3n) is 4.46. The number of carbonyl (C=O) groups excluding carboxylic acids is 1. The number of anilines is 1. The highest BCUT2D eigenvalue weighted by Crippen LogP contribution is 2.24. The number of rotatable bonds is 3. The van der Waals surface area contributed by atoms with E-state index < -0.39 is 0 Å². The molecule has 8 nitrogen and oxygen atoms in total. The monoisotopic (exact) mass is 352 g/mol. The summed E-state index contributed by atoms with van der Waals surface area (Å²) < 4.78 is 5.87. The fourth-order valence-electron chi connectivity index (χ4n) is 3.04. The number of hydrogen-bond donors (Lipinski definition) is 1. The molecule has 8 heteroatoms. The summed E-state index contributed by atoms with van der Waals surface area (Å²) in [5.74, 6) is 0.831. The number of H-pyrrole nitrogens is 1. The largest absolute Gasteiger partial charge is 0.368 e. The van der Waals surface area contributed by atoms with Gasteiger partial charge in [-0.15, -0.1) is 0 Å². The third-order valence-corrected chi connectivity index (χ3v) is 4.46. The second-order valence-electron chi connectivity index (χ2n) is 6.45. The lowest BCUT2D eigenvalue weighted by molar-refractivity contribution is -0.0246. The van der Waals surface area contributed by atoms with Crippen LogP contribution in [0.4, 0.5) is 5.82 Å². The number of aromatic nitrogens is 4. The van der Waals surface area contributed by atoms with E-state index in [1.807, 2.05) is 37.2 Å². The Bertz CT molecular complexity index is 938. The number of fused-ring (bicyclic) bond motifs is 1. The zero-order valence-corrected chi connectivity index (χ0v) is 14.7. The summed E-state index contributed by atoms with van der Waals surface area (Å²) in [4.78, 5) is 21.3. The van der Waals surface area contributed by atoms with Gasteiger partial charge in [0.1, 0.15) is 23.0 Å². The minimum absolute atomic E-state index is 0.0352. The maximum absolute atomic E-state index is 12.9. The van der Waals surface area contributed by atoms with Crippen molar-refractivity contribution in [3.05, 3.63) is 47.7 Å². The predicted octanol–water partition coefficient (Wildman–Crippen LogP) is 1.63. The number of amides is 1. The number of nitrogens with zero attached hydrogens (tertiary/aromatic N) is 5. The van der Waals surface area contributed by atoms with Crippen molar-refractivity contribution in [3.63, 3.8) is 0 Å². The van der Waals surface area contributed by atoms with Gasteiger partial charge < -0.3 is 14.5 Å². The molecule has 1 aliphatic rings. The van der Waals surface area contributed by atoms with Crippen LogP contribution in [0.3, 0.4) is 0 Å². The van der Waals surface area contributed by atoms with Crippen molar-refractivity contribution in [2.24, 2.45) is 0 Å². The van der Waals surface area contributed by atoms with Crippen LogP contribution in [0.25, 0.3) is 11.0 Å². The van der Waals surface area contributed by atoms with E-state index in [1.165, 1.54) is 0 Å². The predicted molar refractivity (Wildman–Crippen MR) is 97.0 cm³/mol. The molecule has 2 aromatic heterocycles. The Kier molecular flexibility index (Phi) is 4.26. The lowest BCUT2D eigenvalue weighted by Gasteiger charge is -2.33. The number of carbonyl (C=O) groups is 1. The molecule has 1 atom stereocenters. The Hall–Kier alpha value is -3.00. The number of ether oxygens (including phenoxy) is 1. The number of aromatic amines is 1. The third kappa shape index (κ3) is 3.11. The molecule has 3 aromatic rings. The highest BCUT2D eigenvalue weighted by molar-refractivity contribution is 5.97. The molecule has 1 fully saturated rings. The first kappa shape index (κ1) is 16.5. The van der Waals surface area contributed by atoms with Crippen LogP contribution in [0.1, 0.15) is 22.2 Å². The molecule has 1 N–H and O–H groups in total. The van der Waals surface area contributed by atoms with Gasteiger partial charge in [-0.2, -0.15) is 15.4 Å². The van der Waals surface area contributed by atoms with Crippen LogP contribution in [0.5, 0.6) is 0 Å². The van der Waals surface area contributed by atoms with Crippen LogP contribution in [-0.2, 0) is 4.74 Å². The first-order valence-corrected chi connectivity index (χ1v) is 8.47. The molecule has 1 aliphatic heterocycles. The van der Waals surface area contributed by atoms with Gasteiger partial charge in [-0.1, -0.05) is 6.07 Å². The topological polar surface area (TPSA) is 87.2 Å². The summed E-state index contributed by atoms with van der Waals surface area (Å²) in [5, 5.41) is 10.6. The van der Waals surface area contributed by atoms with Crippen molar-refractivity contribution in [1.82, 2.24) is 25.3 Å². The van der Waals surface area contributed by atoms with Gasteiger partial charge in [0.2, 0.25) is 0 Å². The molecule has 26 heavy (non-hydrogen) atoms. The molecule has 1 amide bonds. The van der Waals surface area contributed by atoms with Crippen LogP contribution in [0.15, 0.2) is 36.4 Å². The van der Waals surface area contributed by atoms with Gasteiger partial charge in [-0.05, 0) is 30.3 Å². The molecule has 0 aliphatic carbocycles. The van der Waals surface area contributed by atoms with E-state index in [-0.39, 0.29) is 12.0 Å². The number of morpholine rings is 1. The minimum atomic E-state index is -0.233. The fourth-order valence-corrected chi connectivity index (χ4v) is 3.04. The molecule has 0 bridgehead atoms. The summed E-state index contributed by atoms with van der Waals surface area (Å²) in [5.41, 5.74) is 2.86. The van der Waals surface area contributed by atoms with Gasteiger partial charge in [0.25, 0.3) is 5.91 Å². The molecule has 0 unspecified atom stereocenters. The molecule has 3 heterocycles. The summed E-state index contributed by atoms with van der Waals surface area (Å²) in [6, 6.07) is 11.2. The molecule has 0 spiro atoms. The summed E-state index contributed by atoms with van der Waals surface area (Å²) in [6.07, 6.45) is -0.233. The maximum atomic E-state index is 12.9. The standard InChI is InChI=1S/C18H20N6O2/c1-23(2)17-5-3-4-14(19-17)16-11-24(8-9-26-16)18(25)12-6-7-13-15(10-12)21-22-20-13/h3-7,10,16H,8-9,11H2,1-2H3,(H,20,21,22)/t16-/m1/s1. The van der Waals surface area contributed by atoms with E-state index in [4.69, 9.17) is 4.74 Å². The second-order valence-corrected chi connectivity index (χ2v) is 6.45. The van der Waals surface area contributed by atoms with E-state index in [2.05, 4.69) is 20.4 Å². The molecule has 1 aromatic carbocycles. The van der Waals surface area contributed by atoms with Gasteiger partial charge >= 0.3 is 0 Å². The highest BCUT2D eigenvalue weighted by atomic mass is 16.5. The lowest BCUT2D eigenvalue weighted by Crippen LogP contribution is -2.42. The molecule has 0 radical (unpaired) electrons. The molecule has 4 rings (SSSR count). The molecular formula is C18H20N6O2. The van der Waals surface area contributed by atoms with E-state index in [1.54, 1.807) is 23.1 Å². The first-order chi connectivity index (χ1) is 12.6. The first-order valence-electron chi connectivity index (χ1n) is 8.47. The summed E-state index contributed by atoms with van der Waals surface area (Å²) in [7, 11) is 3.90. The van der Waals surface area contributed by atoms with Crippen molar-refractivity contribution in [3.8, 4) is 0 Å². The number of nitrogens with one attached hydrogen (secondary N) is 1. The van der Waals surface area contributed by atoms with Crippen molar-refractivity contribution in [2.75, 3.05) is 38.7 Å². The van der Waals surface area contributed by atoms with E-state index in [0.717, 1.165) is 17.0 Å². The Balaban J connectivity index is 1.54. The van der Waals surface area contributed by atoms with Gasteiger partial charge in [-0.25, -0.2) is 4.98 Å². The number of hydrogen-bond acceptors (Lipinski definition) is 6. The Morgan fingerprint density at radius 3 is 2.92 bits per heavy atom. The highest BCUT2D eigenvalue weighted by Gasteiger charge is 2.27. The Morgan fingerprint density at radius 2 is 2.08 bits per heavy atom. The van der Waals surface area contributed by atoms with E-state index in [9.17, 15) is 4.79 Å². The van der Waals surface area contributed by atoms with Crippen LogP contribution in [0, 0.1) is 0 Å². The van der Waals surface area contributed by atoms with Crippen molar-refractivity contribution in [2.45, 2.75) is 6.10 Å². The second kappa shape index (κ2) is 6.72. The maximum Gasteiger partial charge on any atom is 0.254 e. The average molecular weight is 352 g/mol.